The number of carboxylic acids is 1. The van der Waals surface area contributed by atoms with Gasteiger partial charge >= 0.3 is 5.97 Å². The summed E-state index contributed by atoms with van der Waals surface area (Å²) in [5, 5.41) is 8.47. The Kier molecular flexibility index (Phi) is 6.81. The lowest BCUT2D eigenvalue weighted by atomic mass is 10.0. The summed E-state index contributed by atoms with van der Waals surface area (Å²) in [6.45, 7) is 7.84. The fourth-order valence-corrected chi connectivity index (χ4v) is 1.12. The van der Waals surface area contributed by atoms with Gasteiger partial charge in [-0.1, -0.05) is 24.6 Å². The van der Waals surface area contributed by atoms with Crippen molar-refractivity contribution in [2.75, 3.05) is 0 Å². The zero-order valence-electron chi connectivity index (χ0n) is 9.12. The predicted octanol–water partition coefficient (Wildman–Crippen LogP) is 3.40. The topological polar surface area (TPSA) is 37.3 Å². The molecule has 1 unspecified atom stereocenters. The van der Waals surface area contributed by atoms with Gasteiger partial charge in [-0.2, -0.15) is 0 Å². The van der Waals surface area contributed by atoms with Gasteiger partial charge in [-0.15, -0.1) is 6.58 Å². The Hall–Kier alpha value is -1.05. The minimum atomic E-state index is -0.725. The highest BCUT2D eigenvalue weighted by atomic mass is 16.4. The van der Waals surface area contributed by atoms with Crippen LogP contribution in [-0.4, -0.2) is 11.1 Å². The fraction of sp³-hybridized carbons (Fsp3) is 0.583. The van der Waals surface area contributed by atoms with Gasteiger partial charge in [0, 0.05) is 6.42 Å². The van der Waals surface area contributed by atoms with Crippen molar-refractivity contribution in [1.82, 2.24) is 0 Å². The first-order valence-electron chi connectivity index (χ1n) is 5.06. The normalized spacial score (nSPS) is 13.7. The summed E-state index contributed by atoms with van der Waals surface area (Å²) in [7, 11) is 0. The number of hydrogen-bond donors (Lipinski definition) is 1. The van der Waals surface area contributed by atoms with Crippen molar-refractivity contribution in [1.29, 1.82) is 0 Å². The average molecular weight is 196 g/mol. The van der Waals surface area contributed by atoms with Crippen LogP contribution in [0.1, 0.15) is 39.5 Å². The smallest absolute Gasteiger partial charge is 0.303 e. The number of aliphatic carboxylic acids is 1. The van der Waals surface area contributed by atoms with E-state index in [-0.39, 0.29) is 6.42 Å². The van der Waals surface area contributed by atoms with Crippen molar-refractivity contribution in [3.05, 3.63) is 24.3 Å². The first-order chi connectivity index (χ1) is 6.56. The van der Waals surface area contributed by atoms with Crippen molar-refractivity contribution in [3.8, 4) is 0 Å². The van der Waals surface area contributed by atoms with Gasteiger partial charge in [-0.3, -0.25) is 4.79 Å². The molecule has 0 heterocycles. The van der Waals surface area contributed by atoms with Crippen LogP contribution in [0.5, 0.6) is 0 Å². The molecule has 0 radical (unpaired) electrons. The lowest BCUT2D eigenvalue weighted by Gasteiger charge is -2.03. The van der Waals surface area contributed by atoms with E-state index in [9.17, 15) is 4.79 Å². The van der Waals surface area contributed by atoms with E-state index >= 15 is 0 Å². The minimum absolute atomic E-state index is 0.235. The summed E-state index contributed by atoms with van der Waals surface area (Å²) < 4.78 is 0. The molecule has 0 saturated heterocycles. The van der Waals surface area contributed by atoms with Crippen LogP contribution in [0.3, 0.4) is 0 Å². The molecule has 0 aromatic rings. The summed E-state index contributed by atoms with van der Waals surface area (Å²) in [6.07, 6.45) is 7.08. The maximum atomic E-state index is 10.3. The van der Waals surface area contributed by atoms with E-state index in [0.717, 1.165) is 12.8 Å². The van der Waals surface area contributed by atoms with Crippen molar-refractivity contribution in [2.24, 2.45) is 5.92 Å². The molecule has 2 heteroatoms. The van der Waals surface area contributed by atoms with Gasteiger partial charge in [0.1, 0.15) is 0 Å². The molecule has 0 aliphatic carbocycles. The Morgan fingerprint density at radius 2 is 2.14 bits per heavy atom. The Morgan fingerprint density at radius 3 is 2.64 bits per heavy atom. The standard InChI is InChI=1S/C12H20O2/c1-4-10(2)6-5-7-11(3)8-9-12(13)14/h4,7,10H,1,5-6,8-9H2,2-3H3,(H,13,14). The SMILES string of the molecule is C=CC(C)CCC=C(C)CCC(=O)O. The lowest BCUT2D eigenvalue weighted by molar-refractivity contribution is -0.136. The lowest BCUT2D eigenvalue weighted by Crippen LogP contribution is -1.94. The third-order valence-corrected chi connectivity index (χ3v) is 2.25. The van der Waals surface area contributed by atoms with Crippen LogP contribution < -0.4 is 0 Å². The highest BCUT2D eigenvalue weighted by Gasteiger charge is 1.98. The van der Waals surface area contributed by atoms with E-state index in [1.54, 1.807) is 0 Å². The summed E-state index contributed by atoms with van der Waals surface area (Å²) in [5.74, 6) is -0.185. The van der Waals surface area contributed by atoms with Gasteiger partial charge in [0.25, 0.3) is 0 Å². The number of carbonyl (C=O) groups is 1. The molecule has 14 heavy (non-hydrogen) atoms. The number of allylic oxidation sites excluding steroid dienone is 3. The molecule has 2 nitrogen and oxygen atoms in total. The Balaban J connectivity index is 3.65. The molecule has 0 aromatic carbocycles. The molecule has 1 atom stereocenters. The van der Waals surface area contributed by atoms with Crippen LogP contribution in [0.4, 0.5) is 0 Å². The zero-order valence-corrected chi connectivity index (χ0v) is 9.12. The van der Waals surface area contributed by atoms with Gasteiger partial charge in [0.05, 0.1) is 0 Å². The molecule has 0 bridgehead atoms. The molecule has 0 rings (SSSR count). The highest BCUT2D eigenvalue weighted by Crippen LogP contribution is 2.10. The van der Waals surface area contributed by atoms with Crippen LogP contribution in [0.25, 0.3) is 0 Å². The van der Waals surface area contributed by atoms with Crippen LogP contribution in [-0.2, 0) is 4.79 Å². The van der Waals surface area contributed by atoms with E-state index in [0.29, 0.717) is 12.3 Å². The van der Waals surface area contributed by atoms with Crippen molar-refractivity contribution >= 4 is 5.97 Å². The first kappa shape index (κ1) is 12.9. The molecular weight excluding hydrogens is 176 g/mol. The first-order valence-corrected chi connectivity index (χ1v) is 5.06. The Labute approximate surface area is 86.3 Å². The van der Waals surface area contributed by atoms with Crippen LogP contribution >= 0.6 is 0 Å². The molecular formula is C12H20O2. The van der Waals surface area contributed by atoms with Gasteiger partial charge in [0.2, 0.25) is 0 Å². The minimum Gasteiger partial charge on any atom is -0.481 e. The summed E-state index contributed by atoms with van der Waals surface area (Å²) in [4.78, 5) is 10.3. The molecule has 0 fully saturated rings. The van der Waals surface area contributed by atoms with Gasteiger partial charge in [-0.05, 0) is 32.1 Å². The summed E-state index contributed by atoms with van der Waals surface area (Å²) in [5.41, 5.74) is 1.17. The van der Waals surface area contributed by atoms with Gasteiger partial charge in [-0.25, -0.2) is 0 Å². The second-order valence-corrected chi connectivity index (χ2v) is 3.73. The zero-order chi connectivity index (χ0) is 11.0. The molecule has 0 aliphatic rings. The van der Waals surface area contributed by atoms with E-state index in [4.69, 9.17) is 5.11 Å². The van der Waals surface area contributed by atoms with Crippen molar-refractivity contribution in [2.45, 2.75) is 39.5 Å². The Morgan fingerprint density at radius 1 is 1.50 bits per heavy atom. The highest BCUT2D eigenvalue weighted by molar-refractivity contribution is 5.66. The number of hydrogen-bond acceptors (Lipinski definition) is 1. The van der Waals surface area contributed by atoms with Crippen LogP contribution in [0.15, 0.2) is 24.3 Å². The van der Waals surface area contributed by atoms with Crippen LogP contribution in [0, 0.1) is 5.92 Å². The van der Waals surface area contributed by atoms with E-state index in [1.807, 2.05) is 13.0 Å². The van der Waals surface area contributed by atoms with E-state index < -0.39 is 5.97 Å². The second kappa shape index (κ2) is 7.36. The number of rotatable bonds is 7. The third kappa shape index (κ3) is 7.59. The van der Waals surface area contributed by atoms with Gasteiger partial charge < -0.3 is 5.11 Å². The van der Waals surface area contributed by atoms with Crippen molar-refractivity contribution in [3.63, 3.8) is 0 Å². The molecule has 80 valence electrons. The number of carboxylic acid groups (broad SMARTS) is 1. The van der Waals surface area contributed by atoms with E-state index in [1.165, 1.54) is 5.57 Å². The Bertz CT molecular complexity index is 216. The molecule has 0 amide bonds. The maximum Gasteiger partial charge on any atom is 0.303 e. The largest absolute Gasteiger partial charge is 0.481 e. The summed E-state index contributed by atoms with van der Waals surface area (Å²) in [6, 6.07) is 0. The van der Waals surface area contributed by atoms with Gasteiger partial charge in [0.15, 0.2) is 0 Å². The van der Waals surface area contributed by atoms with E-state index in [2.05, 4.69) is 19.6 Å². The molecule has 0 aromatic heterocycles. The van der Waals surface area contributed by atoms with Crippen LogP contribution in [0.2, 0.25) is 0 Å². The fourth-order valence-electron chi connectivity index (χ4n) is 1.12. The maximum absolute atomic E-state index is 10.3. The predicted molar refractivity (Wildman–Crippen MR) is 59.2 cm³/mol. The van der Waals surface area contributed by atoms with Crippen molar-refractivity contribution < 1.29 is 9.90 Å². The average Bonchev–Trinajstić information content (AvgIpc) is 2.14. The molecule has 0 saturated carbocycles. The molecule has 0 spiro atoms. The monoisotopic (exact) mass is 196 g/mol. The molecule has 0 aliphatic heterocycles. The molecule has 1 N–H and O–H groups in total. The second-order valence-electron chi connectivity index (χ2n) is 3.73. The summed E-state index contributed by atoms with van der Waals surface area (Å²) >= 11 is 0. The third-order valence-electron chi connectivity index (χ3n) is 2.25. The quantitative estimate of drug-likeness (QED) is 0.634.